The summed E-state index contributed by atoms with van der Waals surface area (Å²) in [5.74, 6) is 0. The molecule has 0 bridgehead atoms. The molecule has 116 valence electrons. The Kier molecular flexibility index (Phi) is 5.01. The number of hydrogen-bond donors (Lipinski definition) is 1. The number of rotatable bonds is 4. The van der Waals surface area contributed by atoms with Gasteiger partial charge in [-0.25, -0.2) is 0 Å². The van der Waals surface area contributed by atoms with Gasteiger partial charge in [0, 0.05) is 16.3 Å². The zero-order chi connectivity index (χ0) is 15.4. The van der Waals surface area contributed by atoms with Crippen molar-refractivity contribution in [3.05, 3.63) is 64.7 Å². The van der Waals surface area contributed by atoms with E-state index in [-0.39, 0.29) is 0 Å². The van der Waals surface area contributed by atoms with Crippen LogP contribution < -0.4 is 9.80 Å². The van der Waals surface area contributed by atoms with Gasteiger partial charge >= 0.3 is 0 Å². The monoisotopic (exact) mass is 315 g/mol. The minimum absolute atomic E-state index is 0.809. The molecule has 3 rings (SSSR count). The second-order valence-electron chi connectivity index (χ2n) is 6.06. The summed E-state index contributed by atoms with van der Waals surface area (Å²) in [6.45, 7) is 7.96. The molecule has 0 aromatic heterocycles. The van der Waals surface area contributed by atoms with Crippen LogP contribution in [0.1, 0.15) is 18.1 Å². The van der Waals surface area contributed by atoms with E-state index in [0.29, 0.717) is 0 Å². The van der Waals surface area contributed by atoms with Gasteiger partial charge in [-0.1, -0.05) is 42.8 Å². The Labute approximate surface area is 138 Å². The van der Waals surface area contributed by atoms with Crippen LogP contribution in [0.4, 0.5) is 5.69 Å². The van der Waals surface area contributed by atoms with E-state index in [1.165, 1.54) is 29.9 Å². The summed E-state index contributed by atoms with van der Waals surface area (Å²) >= 11 is 5.96. The minimum Gasteiger partial charge on any atom is -0.360 e. The average molecular weight is 316 g/mol. The molecule has 1 aliphatic heterocycles. The molecular formula is C19H24ClN2+. The maximum Gasteiger partial charge on any atom is 0.103 e. The number of nitrogens with one attached hydrogen (secondary N) is 1. The summed E-state index contributed by atoms with van der Waals surface area (Å²) in [7, 11) is 0. The van der Waals surface area contributed by atoms with Gasteiger partial charge < -0.3 is 9.80 Å². The standard InChI is InChI=1S/C19H23ClN2/c1-2-16-3-5-17(6-4-16)15-21-11-13-22(14-12-21)19-9-7-18(20)8-10-19/h3-10H,2,11-15H2,1H3/p+1. The second-order valence-corrected chi connectivity index (χ2v) is 6.50. The van der Waals surface area contributed by atoms with Crippen molar-refractivity contribution < 1.29 is 4.90 Å². The van der Waals surface area contributed by atoms with E-state index in [2.05, 4.69) is 48.2 Å². The molecule has 0 aliphatic carbocycles. The van der Waals surface area contributed by atoms with Gasteiger partial charge in [-0.05, 0) is 36.2 Å². The summed E-state index contributed by atoms with van der Waals surface area (Å²) in [5, 5.41) is 0.809. The normalized spacial score (nSPS) is 16.0. The lowest BCUT2D eigenvalue weighted by Crippen LogP contribution is -3.13. The smallest absolute Gasteiger partial charge is 0.103 e. The number of anilines is 1. The van der Waals surface area contributed by atoms with Crippen molar-refractivity contribution >= 4 is 17.3 Å². The zero-order valence-corrected chi connectivity index (χ0v) is 13.9. The van der Waals surface area contributed by atoms with Crippen LogP contribution in [-0.4, -0.2) is 26.2 Å². The second kappa shape index (κ2) is 7.17. The molecular weight excluding hydrogens is 292 g/mol. The molecule has 1 N–H and O–H groups in total. The number of halogens is 1. The Balaban J connectivity index is 1.53. The average Bonchev–Trinajstić information content (AvgIpc) is 2.57. The molecule has 0 spiro atoms. The fraction of sp³-hybridized carbons (Fsp3) is 0.368. The van der Waals surface area contributed by atoms with Crippen molar-refractivity contribution in [2.75, 3.05) is 31.1 Å². The Bertz CT molecular complexity index is 584. The van der Waals surface area contributed by atoms with Crippen LogP contribution in [0.25, 0.3) is 0 Å². The lowest BCUT2D eigenvalue weighted by Gasteiger charge is -2.33. The maximum atomic E-state index is 5.96. The van der Waals surface area contributed by atoms with Crippen molar-refractivity contribution in [2.24, 2.45) is 0 Å². The van der Waals surface area contributed by atoms with Gasteiger partial charge in [0.15, 0.2) is 0 Å². The summed E-state index contributed by atoms with van der Waals surface area (Å²) < 4.78 is 0. The molecule has 1 fully saturated rings. The van der Waals surface area contributed by atoms with Gasteiger partial charge in [0.1, 0.15) is 6.54 Å². The molecule has 22 heavy (non-hydrogen) atoms. The molecule has 3 heteroatoms. The van der Waals surface area contributed by atoms with Gasteiger partial charge in [-0.2, -0.15) is 0 Å². The third-order valence-electron chi connectivity index (χ3n) is 4.55. The first-order valence-corrected chi connectivity index (χ1v) is 8.54. The molecule has 2 aromatic carbocycles. The molecule has 2 nitrogen and oxygen atoms in total. The van der Waals surface area contributed by atoms with Crippen LogP contribution in [0.15, 0.2) is 48.5 Å². The first-order valence-electron chi connectivity index (χ1n) is 8.16. The number of quaternary nitrogens is 1. The van der Waals surface area contributed by atoms with Crippen molar-refractivity contribution in [2.45, 2.75) is 19.9 Å². The molecule has 1 saturated heterocycles. The summed E-state index contributed by atoms with van der Waals surface area (Å²) in [6.07, 6.45) is 1.12. The highest BCUT2D eigenvalue weighted by molar-refractivity contribution is 6.30. The Hall–Kier alpha value is -1.51. The predicted molar refractivity (Wildman–Crippen MR) is 93.9 cm³/mol. The lowest BCUT2D eigenvalue weighted by molar-refractivity contribution is -0.914. The van der Waals surface area contributed by atoms with Crippen LogP contribution >= 0.6 is 11.6 Å². The first kappa shape index (κ1) is 15.4. The van der Waals surface area contributed by atoms with Gasteiger partial charge in [-0.3, -0.25) is 0 Å². The molecule has 2 aromatic rings. The largest absolute Gasteiger partial charge is 0.360 e. The number of piperazine rings is 1. The highest BCUT2D eigenvalue weighted by Gasteiger charge is 2.20. The Morgan fingerprint density at radius 3 is 2.09 bits per heavy atom. The number of aryl methyl sites for hydroxylation is 1. The van der Waals surface area contributed by atoms with Crippen molar-refractivity contribution in [1.29, 1.82) is 0 Å². The highest BCUT2D eigenvalue weighted by Crippen LogP contribution is 2.17. The van der Waals surface area contributed by atoms with E-state index < -0.39 is 0 Å². The zero-order valence-electron chi connectivity index (χ0n) is 13.2. The van der Waals surface area contributed by atoms with Crippen molar-refractivity contribution in [3.63, 3.8) is 0 Å². The van der Waals surface area contributed by atoms with Gasteiger partial charge in [0.25, 0.3) is 0 Å². The van der Waals surface area contributed by atoms with Gasteiger partial charge in [0.05, 0.1) is 26.2 Å². The third-order valence-corrected chi connectivity index (χ3v) is 4.80. The fourth-order valence-corrected chi connectivity index (χ4v) is 3.22. The molecule has 0 saturated carbocycles. The molecule has 0 radical (unpaired) electrons. The van der Waals surface area contributed by atoms with E-state index in [9.17, 15) is 0 Å². The maximum absolute atomic E-state index is 5.96. The van der Waals surface area contributed by atoms with Gasteiger partial charge in [0.2, 0.25) is 0 Å². The van der Waals surface area contributed by atoms with Gasteiger partial charge in [-0.15, -0.1) is 0 Å². The summed E-state index contributed by atoms with van der Waals surface area (Å²) in [4.78, 5) is 4.13. The van der Waals surface area contributed by atoms with Crippen molar-refractivity contribution in [1.82, 2.24) is 0 Å². The predicted octanol–water partition coefficient (Wildman–Crippen LogP) is 2.81. The topological polar surface area (TPSA) is 7.68 Å². The fourth-order valence-electron chi connectivity index (χ4n) is 3.09. The van der Waals surface area contributed by atoms with Crippen LogP contribution in [-0.2, 0) is 13.0 Å². The summed E-state index contributed by atoms with van der Waals surface area (Å²) in [5.41, 5.74) is 4.16. The van der Waals surface area contributed by atoms with Crippen LogP contribution in [0.3, 0.4) is 0 Å². The van der Waals surface area contributed by atoms with Crippen LogP contribution in [0, 0.1) is 0 Å². The minimum atomic E-state index is 0.809. The van der Waals surface area contributed by atoms with Crippen LogP contribution in [0.2, 0.25) is 5.02 Å². The number of nitrogens with zero attached hydrogens (tertiary/aromatic N) is 1. The quantitative estimate of drug-likeness (QED) is 0.911. The molecule has 1 heterocycles. The van der Waals surface area contributed by atoms with Crippen molar-refractivity contribution in [3.8, 4) is 0 Å². The molecule has 1 aliphatic rings. The lowest BCUT2D eigenvalue weighted by atomic mass is 10.1. The summed E-state index contributed by atoms with van der Waals surface area (Å²) in [6, 6.07) is 17.3. The molecule has 0 unspecified atom stereocenters. The van der Waals surface area contributed by atoms with E-state index >= 15 is 0 Å². The Morgan fingerprint density at radius 1 is 0.909 bits per heavy atom. The highest BCUT2D eigenvalue weighted by atomic mass is 35.5. The van der Waals surface area contributed by atoms with E-state index in [1.807, 2.05) is 12.1 Å². The molecule has 0 atom stereocenters. The number of benzene rings is 2. The van der Waals surface area contributed by atoms with E-state index in [4.69, 9.17) is 11.6 Å². The third kappa shape index (κ3) is 3.82. The van der Waals surface area contributed by atoms with E-state index in [1.54, 1.807) is 4.90 Å². The first-order chi connectivity index (χ1) is 10.7. The number of hydrogen-bond acceptors (Lipinski definition) is 1. The SMILES string of the molecule is CCc1ccc(C[NH+]2CCN(c3ccc(Cl)cc3)CC2)cc1. The Morgan fingerprint density at radius 2 is 1.50 bits per heavy atom. The van der Waals surface area contributed by atoms with Crippen LogP contribution in [0.5, 0.6) is 0 Å². The van der Waals surface area contributed by atoms with E-state index in [0.717, 1.165) is 31.1 Å². The molecule has 0 amide bonds.